The van der Waals surface area contributed by atoms with Crippen LogP contribution in [0.25, 0.3) is 0 Å². The zero-order valence-corrected chi connectivity index (χ0v) is 14.9. The Morgan fingerprint density at radius 3 is 2.14 bits per heavy atom. The fourth-order valence-corrected chi connectivity index (χ4v) is 6.07. The van der Waals surface area contributed by atoms with Crippen molar-refractivity contribution in [1.29, 1.82) is 0 Å². The molecule has 2 nitrogen and oxygen atoms in total. The van der Waals surface area contributed by atoms with Gasteiger partial charge in [-0.25, -0.2) is 0 Å². The summed E-state index contributed by atoms with van der Waals surface area (Å²) in [7, 11) is -1.51. The monoisotopic (exact) mass is 310 g/mol. The van der Waals surface area contributed by atoms with Crippen LogP contribution in [-0.4, -0.2) is 39.0 Å². The standard InChI is InChI=1S/C19H26N2Si/c1-17-8-7-9-18(16-17)20-12-14-21(15-13-20)22(2,3)19-10-5-4-6-11-19/h4-11,16H,12-15H2,1-3H3. The molecule has 0 unspecified atom stereocenters. The van der Waals surface area contributed by atoms with E-state index in [9.17, 15) is 0 Å². The van der Waals surface area contributed by atoms with Gasteiger partial charge >= 0.3 is 0 Å². The molecule has 0 saturated carbocycles. The van der Waals surface area contributed by atoms with Gasteiger partial charge in [0.05, 0.1) is 0 Å². The van der Waals surface area contributed by atoms with Crippen molar-refractivity contribution in [3.8, 4) is 0 Å². The minimum atomic E-state index is -1.51. The van der Waals surface area contributed by atoms with Crippen molar-refractivity contribution >= 4 is 19.1 Å². The van der Waals surface area contributed by atoms with Crippen LogP contribution in [0.5, 0.6) is 0 Å². The van der Waals surface area contributed by atoms with Crippen molar-refractivity contribution in [2.45, 2.75) is 20.0 Å². The summed E-state index contributed by atoms with van der Waals surface area (Å²) >= 11 is 0. The second kappa shape index (κ2) is 6.27. The Bertz CT molecular complexity index is 616. The summed E-state index contributed by atoms with van der Waals surface area (Å²) in [4.78, 5) is 2.53. The van der Waals surface area contributed by atoms with E-state index in [0.29, 0.717) is 0 Å². The van der Waals surface area contributed by atoms with E-state index in [1.165, 1.54) is 24.3 Å². The Kier molecular flexibility index (Phi) is 4.36. The normalized spacial score (nSPS) is 16.8. The van der Waals surface area contributed by atoms with E-state index in [1.807, 2.05) is 0 Å². The van der Waals surface area contributed by atoms with Crippen LogP contribution in [0.3, 0.4) is 0 Å². The first-order valence-corrected chi connectivity index (χ1v) is 11.1. The molecule has 0 N–H and O–H groups in total. The average Bonchev–Trinajstić information content (AvgIpc) is 2.56. The summed E-state index contributed by atoms with van der Waals surface area (Å²) in [5.74, 6) is 0. The lowest BCUT2D eigenvalue weighted by atomic mass is 10.2. The topological polar surface area (TPSA) is 6.48 Å². The van der Waals surface area contributed by atoms with Gasteiger partial charge in [-0.05, 0) is 29.8 Å². The van der Waals surface area contributed by atoms with Gasteiger partial charge in [0.25, 0.3) is 0 Å². The Labute approximate surface area is 135 Å². The van der Waals surface area contributed by atoms with Gasteiger partial charge in [0.2, 0.25) is 0 Å². The summed E-state index contributed by atoms with van der Waals surface area (Å²) in [5, 5.41) is 1.54. The first-order chi connectivity index (χ1) is 10.6. The molecule has 1 fully saturated rings. The molecule has 0 spiro atoms. The summed E-state index contributed by atoms with van der Waals surface area (Å²) < 4.78 is 2.74. The van der Waals surface area contributed by atoms with Crippen molar-refractivity contribution in [3.63, 3.8) is 0 Å². The molecule has 2 aromatic rings. The summed E-state index contributed by atoms with van der Waals surface area (Å²) in [6.07, 6.45) is 0. The number of anilines is 1. The quantitative estimate of drug-likeness (QED) is 0.803. The van der Waals surface area contributed by atoms with Gasteiger partial charge in [0, 0.05) is 31.9 Å². The molecule has 0 aromatic heterocycles. The van der Waals surface area contributed by atoms with Gasteiger partial charge in [-0.2, -0.15) is 0 Å². The minimum Gasteiger partial charge on any atom is -0.369 e. The molecule has 2 aromatic carbocycles. The second-order valence-corrected chi connectivity index (χ2v) is 11.1. The number of aryl methyl sites for hydroxylation is 1. The van der Waals surface area contributed by atoms with Crippen molar-refractivity contribution in [1.82, 2.24) is 4.57 Å². The van der Waals surface area contributed by atoms with Gasteiger partial charge < -0.3 is 9.47 Å². The zero-order valence-electron chi connectivity index (χ0n) is 13.9. The van der Waals surface area contributed by atoms with Gasteiger partial charge in [0.15, 0.2) is 8.24 Å². The first kappa shape index (κ1) is 15.3. The molecule has 0 amide bonds. The van der Waals surface area contributed by atoms with Crippen LogP contribution in [-0.2, 0) is 0 Å². The number of hydrogen-bond acceptors (Lipinski definition) is 2. The van der Waals surface area contributed by atoms with Gasteiger partial charge in [-0.1, -0.05) is 55.6 Å². The van der Waals surface area contributed by atoms with Gasteiger partial charge in [-0.3, -0.25) is 0 Å². The minimum absolute atomic E-state index is 1.13. The van der Waals surface area contributed by atoms with E-state index in [-0.39, 0.29) is 0 Å². The molecule has 22 heavy (non-hydrogen) atoms. The van der Waals surface area contributed by atoms with Crippen LogP contribution < -0.4 is 10.1 Å². The predicted octanol–water partition coefficient (Wildman–Crippen LogP) is 3.23. The van der Waals surface area contributed by atoms with E-state index in [1.54, 1.807) is 5.19 Å². The SMILES string of the molecule is Cc1cccc(N2CCN([Si](C)(C)c3ccccc3)CC2)c1. The highest BCUT2D eigenvalue weighted by Gasteiger charge is 2.33. The molecule has 1 heterocycles. The predicted molar refractivity (Wildman–Crippen MR) is 98.5 cm³/mol. The number of benzene rings is 2. The molecule has 0 atom stereocenters. The Balaban J connectivity index is 1.69. The Morgan fingerprint density at radius 2 is 1.50 bits per heavy atom. The van der Waals surface area contributed by atoms with Crippen LogP contribution in [0.2, 0.25) is 13.1 Å². The smallest absolute Gasteiger partial charge is 0.154 e. The maximum atomic E-state index is 2.74. The fraction of sp³-hybridized carbons (Fsp3) is 0.368. The van der Waals surface area contributed by atoms with Crippen LogP contribution in [0.15, 0.2) is 54.6 Å². The highest BCUT2D eigenvalue weighted by molar-refractivity contribution is 6.87. The molecular weight excluding hydrogens is 284 g/mol. The lowest BCUT2D eigenvalue weighted by Gasteiger charge is -2.44. The summed E-state index contributed by atoms with van der Waals surface area (Å²) in [6, 6.07) is 19.9. The van der Waals surface area contributed by atoms with Crippen molar-refractivity contribution in [3.05, 3.63) is 60.2 Å². The largest absolute Gasteiger partial charge is 0.369 e. The van der Waals surface area contributed by atoms with E-state index in [2.05, 4.69) is 84.1 Å². The van der Waals surface area contributed by atoms with E-state index in [4.69, 9.17) is 0 Å². The fourth-order valence-electron chi connectivity index (χ4n) is 3.38. The van der Waals surface area contributed by atoms with Gasteiger partial charge in [0.1, 0.15) is 0 Å². The van der Waals surface area contributed by atoms with E-state index in [0.717, 1.165) is 13.1 Å². The summed E-state index contributed by atoms with van der Waals surface area (Å²) in [6.45, 7) is 11.7. The maximum Gasteiger partial charge on any atom is 0.154 e. The number of piperazine rings is 1. The highest BCUT2D eigenvalue weighted by Crippen LogP contribution is 2.20. The molecule has 3 heteroatoms. The molecule has 3 rings (SSSR count). The van der Waals surface area contributed by atoms with Gasteiger partial charge in [-0.15, -0.1) is 0 Å². The molecule has 1 saturated heterocycles. The number of nitrogens with zero attached hydrogens (tertiary/aromatic N) is 2. The third-order valence-corrected chi connectivity index (χ3v) is 8.69. The third-order valence-electron chi connectivity index (χ3n) is 4.92. The molecular formula is C19H26N2Si. The van der Waals surface area contributed by atoms with Crippen molar-refractivity contribution < 1.29 is 0 Å². The van der Waals surface area contributed by atoms with Crippen LogP contribution >= 0.6 is 0 Å². The average molecular weight is 311 g/mol. The van der Waals surface area contributed by atoms with E-state index < -0.39 is 8.24 Å². The van der Waals surface area contributed by atoms with Crippen molar-refractivity contribution in [2.24, 2.45) is 0 Å². The lowest BCUT2D eigenvalue weighted by molar-refractivity contribution is 0.392. The molecule has 0 bridgehead atoms. The van der Waals surface area contributed by atoms with Crippen LogP contribution in [0, 0.1) is 6.92 Å². The molecule has 0 aliphatic carbocycles. The maximum absolute atomic E-state index is 2.74. The molecule has 116 valence electrons. The first-order valence-electron chi connectivity index (χ1n) is 8.19. The van der Waals surface area contributed by atoms with Crippen LogP contribution in [0.1, 0.15) is 5.56 Å². The molecule has 0 radical (unpaired) electrons. The molecule has 1 aliphatic rings. The Morgan fingerprint density at radius 1 is 0.818 bits per heavy atom. The zero-order chi connectivity index (χ0) is 15.6. The lowest BCUT2D eigenvalue weighted by Crippen LogP contribution is -2.63. The number of rotatable bonds is 3. The van der Waals surface area contributed by atoms with Crippen LogP contribution in [0.4, 0.5) is 5.69 Å². The number of hydrogen-bond donors (Lipinski definition) is 0. The third kappa shape index (κ3) is 3.11. The molecule has 1 aliphatic heterocycles. The van der Waals surface area contributed by atoms with E-state index >= 15 is 0 Å². The highest BCUT2D eigenvalue weighted by atomic mass is 28.3. The summed E-state index contributed by atoms with van der Waals surface area (Å²) in [5.41, 5.74) is 2.72. The van der Waals surface area contributed by atoms with Crippen molar-refractivity contribution in [2.75, 3.05) is 31.1 Å². The Hall–Kier alpha value is -1.58. The second-order valence-electron chi connectivity index (χ2n) is 6.74.